The van der Waals surface area contributed by atoms with Gasteiger partial charge in [0.1, 0.15) is 5.60 Å². The van der Waals surface area contributed by atoms with E-state index in [0.717, 1.165) is 5.56 Å². The highest BCUT2D eigenvalue weighted by atomic mass is 16.5. The minimum absolute atomic E-state index is 0.0856. The summed E-state index contributed by atoms with van der Waals surface area (Å²) in [4.78, 5) is 16.1. The van der Waals surface area contributed by atoms with Crippen LogP contribution in [-0.4, -0.2) is 27.8 Å². The fourth-order valence-electron chi connectivity index (χ4n) is 2.00. The van der Waals surface area contributed by atoms with Crippen LogP contribution in [-0.2, 0) is 17.6 Å². The van der Waals surface area contributed by atoms with Crippen molar-refractivity contribution in [2.45, 2.75) is 45.3 Å². The minimum atomic E-state index is -1.15. The highest BCUT2D eigenvalue weighted by Crippen LogP contribution is 2.20. The topological polar surface area (TPSA) is 100 Å². The SMILES string of the molecule is CC(C)(C)c1nc(CNC(=O)NCC(C)(O)c2ccccc2)no1. The second-order valence-corrected chi connectivity index (χ2v) is 6.94. The number of carbonyl (C=O) groups is 1. The van der Waals surface area contributed by atoms with Crippen LogP contribution in [0.3, 0.4) is 0 Å². The maximum atomic E-state index is 11.9. The lowest BCUT2D eigenvalue weighted by molar-refractivity contribution is 0.0594. The van der Waals surface area contributed by atoms with Crippen molar-refractivity contribution in [3.05, 3.63) is 47.6 Å². The fraction of sp³-hybridized carbons (Fsp3) is 0.471. The van der Waals surface area contributed by atoms with Crippen molar-refractivity contribution in [1.29, 1.82) is 0 Å². The molecule has 7 heteroatoms. The maximum absolute atomic E-state index is 11.9. The molecule has 7 nitrogen and oxygen atoms in total. The van der Waals surface area contributed by atoms with Crippen LogP contribution in [0.15, 0.2) is 34.9 Å². The average Bonchev–Trinajstić information content (AvgIpc) is 3.01. The molecule has 2 aromatic rings. The highest BCUT2D eigenvalue weighted by molar-refractivity contribution is 5.73. The van der Waals surface area contributed by atoms with Gasteiger partial charge in [-0.1, -0.05) is 56.3 Å². The third kappa shape index (κ3) is 4.79. The van der Waals surface area contributed by atoms with Gasteiger partial charge in [0.05, 0.1) is 13.1 Å². The van der Waals surface area contributed by atoms with E-state index in [1.807, 2.05) is 51.1 Å². The van der Waals surface area contributed by atoms with Gasteiger partial charge in [-0.2, -0.15) is 4.98 Å². The van der Waals surface area contributed by atoms with Gasteiger partial charge in [-0.05, 0) is 12.5 Å². The molecule has 130 valence electrons. The van der Waals surface area contributed by atoms with E-state index in [1.54, 1.807) is 6.92 Å². The number of aromatic nitrogens is 2. The Morgan fingerprint density at radius 2 is 1.83 bits per heavy atom. The third-order valence-electron chi connectivity index (χ3n) is 3.51. The van der Waals surface area contributed by atoms with E-state index in [1.165, 1.54) is 0 Å². The van der Waals surface area contributed by atoms with E-state index in [4.69, 9.17) is 4.52 Å². The molecular formula is C17H24N4O3. The zero-order valence-corrected chi connectivity index (χ0v) is 14.5. The third-order valence-corrected chi connectivity index (χ3v) is 3.51. The van der Waals surface area contributed by atoms with Crippen molar-refractivity contribution in [2.24, 2.45) is 0 Å². The van der Waals surface area contributed by atoms with Crippen LogP contribution >= 0.6 is 0 Å². The molecule has 1 unspecified atom stereocenters. The van der Waals surface area contributed by atoms with Gasteiger partial charge in [0, 0.05) is 5.41 Å². The Kier molecular flexibility index (Phi) is 5.23. The predicted octanol–water partition coefficient (Wildman–Crippen LogP) is 2.07. The number of urea groups is 1. The van der Waals surface area contributed by atoms with Gasteiger partial charge in [-0.3, -0.25) is 0 Å². The average molecular weight is 332 g/mol. The minimum Gasteiger partial charge on any atom is -0.384 e. The molecule has 1 heterocycles. The molecule has 1 aromatic heterocycles. The molecule has 2 rings (SSSR count). The van der Waals surface area contributed by atoms with Crippen molar-refractivity contribution >= 4 is 6.03 Å². The summed E-state index contributed by atoms with van der Waals surface area (Å²) in [6.45, 7) is 7.79. The molecule has 0 radical (unpaired) electrons. The molecular weight excluding hydrogens is 308 g/mol. The van der Waals surface area contributed by atoms with E-state index in [0.29, 0.717) is 11.7 Å². The van der Waals surface area contributed by atoms with Crippen LogP contribution in [0, 0.1) is 0 Å². The quantitative estimate of drug-likeness (QED) is 0.778. The number of hydrogen-bond donors (Lipinski definition) is 3. The first-order chi connectivity index (χ1) is 11.2. The number of rotatable bonds is 5. The van der Waals surface area contributed by atoms with Crippen molar-refractivity contribution in [2.75, 3.05) is 6.54 Å². The van der Waals surface area contributed by atoms with Crippen LogP contribution in [0.5, 0.6) is 0 Å². The Labute approximate surface area is 141 Å². The molecule has 0 fully saturated rings. The van der Waals surface area contributed by atoms with Gasteiger partial charge in [0.15, 0.2) is 5.82 Å². The number of nitrogens with zero attached hydrogens (tertiary/aromatic N) is 2. The molecule has 0 saturated carbocycles. The zero-order valence-electron chi connectivity index (χ0n) is 14.5. The first kappa shape index (κ1) is 17.9. The van der Waals surface area contributed by atoms with Crippen LogP contribution in [0.1, 0.15) is 45.0 Å². The van der Waals surface area contributed by atoms with Gasteiger partial charge in [-0.25, -0.2) is 4.79 Å². The van der Waals surface area contributed by atoms with Crippen molar-refractivity contribution in [1.82, 2.24) is 20.8 Å². The molecule has 1 atom stereocenters. The molecule has 24 heavy (non-hydrogen) atoms. The Morgan fingerprint density at radius 3 is 2.42 bits per heavy atom. The standard InChI is InChI=1S/C17H24N4O3/c1-16(2,3)14-20-13(21-24-14)10-18-15(22)19-11-17(4,23)12-8-6-5-7-9-12/h5-9,23H,10-11H2,1-4H3,(H2,18,19,22). The molecule has 1 aromatic carbocycles. The number of nitrogens with one attached hydrogen (secondary N) is 2. The Bertz CT molecular complexity index is 675. The number of hydrogen-bond acceptors (Lipinski definition) is 5. The molecule has 0 aliphatic heterocycles. The summed E-state index contributed by atoms with van der Waals surface area (Å²) in [5.41, 5.74) is -0.648. The summed E-state index contributed by atoms with van der Waals surface area (Å²) in [6.07, 6.45) is 0. The first-order valence-corrected chi connectivity index (χ1v) is 7.81. The van der Waals surface area contributed by atoms with E-state index >= 15 is 0 Å². The van der Waals surface area contributed by atoms with Crippen LogP contribution in [0.2, 0.25) is 0 Å². The molecule has 0 aliphatic rings. The fourth-order valence-corrected chi connectivity index (χ4v) is 2.00. The summed E-state index contributed by atoms with van der Waals surface area (Å²) in [5, 5.41) is 19.5. The van der Waals surface area contributed by atoms with E-state index in [2.05, 4.69) is 20.8 Å². The molecule has 0 saturated heterocycles. The normalized spacial score (nSPS) is 14.0. The lowest BCUT2D eigenvalue weighted by Gasteiger charge is -2.24. The lowest BCUT2D eigenvalue weighted by atomic mass is 9.96. The Balaban J connectivity index is 1.82. The lowest BCUT2D eigenvalue weighted by Crippen LogP contribution is -2.43. The zero-order chi connectivity index (χ0) is 17.8. The van der Waals surface area contributed by atoms with Gasteiger partial charge in [0.25, 0.3) is 0 Å². The van der Waals surface area contributed by atoms with Gasteiger partial charge in [-0.15, -0.1) is 0 Å². The molecule has 3 N–H and O–H groups in total. The number of amides is 2. The van der Waals surface area contributed by atoms with E-state index < -0.39 is 11.6 Å². The van der Waals surface area contributed by atoms with E-state index in [9.17, 15) is 9.90 Å². The maximum Gasteiger partial charge on any atom is 0.315 e. The summed E-state index contributed by atoms with van der Waals surface area (Å²) >= 11 is 0. The van der Waals surface area contributed by atoms with Crippen LogP contribution < -0.4 is 10.6 Å². The molecule has 0 spiro atoms. The van der Waals surface area contributed by atoms with Crippen molar-refractivity contribution in [3.63, 3.8) is 0 Å². The summed E-state index contributed by atoms with van der Waals surface area (Å²) in [7, 11) is 0. The van der Waals surface area contributed by atoms with Crippen molar-refractivity contribution in [3.8, 4) is 0 Å². The number of aliphatic hydroxyl groups is 1. The predicted molar refractivity (Wildman–Crippen MR) is 89.2 cm³/mol. The number of benzene rings is 1. The second-order valence-electron chi connectivity index (χ2n) is 6.94. The summed E-state index contributed by atoms with van der Waals surface area (Å²) in [6, 6.07) is 8.77. The number of carbonyl (C=O) groups excluding carboxylic acids is 1. The first-order valence-electron chi connectivity index (χ1n) is 7.81. The second kappa shape index (κ2) is 7.00. The Hall–Kier alpha value is -2.41. The highest BCUT2D eigenvalue weighted by Gasteiger charge is 2.24. The molecule has 0 aliphatic carbocycles. The van der Waals surface area contributed by atoms with Gasteiger partial charge in [0.2, 0.25) is 5.89 Å². The summed E-state index contributed by atoms with van der Waals surface area (Å²) < 4.78 is 5.16. The van der Waals surface area contributed by atoms with Gasteiger partial charge >= 0.3 is 6.03 Å². The Morgan fingerprint density at radius 1 is 1.17 bits per heavy atom. The monoisotopic (exact) mass is 332 g/mol. The van der Waals surface area contributed by atoms with Gasteiger partial charge < -0.3 is 20.3 Å². The van der Waals surface area contributed by atoms with Crippen LogP contribution in [0.4, 0.5) is 4.79 Å². The van der Waals surface area contributed by atoms with E-state index in [-0.39, 0.29) is 18.5 Å². The summed E-state index contributed by atoms with van der Waals surface area (Å²) in [5.74, 6) is 0.927. The molecule has 0 bridgehead atoms. The van der Waals surface area contributed by atoms with Crippen molar-refractivity contribution < 1.29 is 14.4 Å². The smallest absolute Gasteiger partial charge is 0.315 e. The largest absolute Gasteiger partial charge is 0.384 e. The van der Waals surface area contributed by atoms with Crippen LogP contribution in [0.25, 0.3) is 0 Å². The molecule has 2 amide bonds.